The Balaban J connectivity index is 2.91. The average molecular weight is 284 g/mol. The maximum Gasteiger partial charge on any atom is 0.329 e. The molecule has 0 bridgehead atoms. The first-order chi connectivity index (χ1) is 9.35. The maximum atomic E-state index is 12.6. The molecule has 0 saturated heterocycles. The van der Waals surface area contributed by atoms with E-state index in [0.29, 0.717) is 31.6 Å². The molecule has 1 aliphatic rings. The Morgan fingerprint density at radius 1 is 1.30 bits per heavy atom. The number of carbonyl (C=O) groups is 2. The summed E-state index contributed by atoms with van der Waals surface area (Å²) < 4.78 is 0. The van der Waals surface area contributed by atoms with Gasteiger partial charge in [0, 0.05) is 6.54 Å². The quantitative estimate of drug-likeness (QED) is 0.694. The third-order valence-electron chi connectivity index (χ3n) is 5.12. The van der Waals surface area contributed by atoms with Crippen molar-refractivity contribution < 1.29 is 14.7 Å². The SMILES string of the molecule is CCC(CC)(CN)C(=O)NC1(C(=O)O)CCC(C)CC1. The van der Waals surface area contributed by atoms with Crippen molar-refractivity contribution in [2.45, 2.75) is 64.8 Å². The van der Waals surface area contributed by atoms with E-state index >= 15 is 0 Å². The Labute approximate surface area is 121 Å². The molecular weight excluding hydrogens is 256 g/mol. The zero-order valence-electron chi connectivity index (χ0n) is 12.9. The first-order valence-corrected chi connectivity index (χ1v) is 7.62. The van der Waals surface area contributed by atoms with Gasteiger partial charge in [-0.3, -0.25) is 4.79 Å². The number of hydrogen-bond acceptors (Lipinski definition) is 3. The number of hydrogen-bond donors (Lipinski definition) is 3. The van der Waals surface area contributed by atoms with Gasteiger partial charge in [0.2, 0.25) is 5.91 Å². The first kappa shape index (κ1) is 17.0. The molecule has 0 aromatic heterocycles. The van der Waals surface area contributed by atoms with Gasteiger partial charge >= 0.3 is 5.97 Å². The van der Waals surface area contributed by atoms with Crippen LogP contribution in [-0.2, 0) is 9.59 Å². The van der Waals surface area contributed by atoms with Crippen molar-refractivity contribution in [1.82, 2.24) is 5.32 Å². The highest BCUT2D eigenvalue weighted by Crippen LogP contribution is 2.34. The van der Waals surface area contributed by atoms with E-state index in [4.69, 9.17) is 5.73 Å². The van der Waals surface area contributed by atoms with Gasteiger partial charge in [0.1, 0.15) is 5.54 Å². The van der Waals surface area contributed by atoms with Crippen molar-refractivity contribution in [3.63, 3.8) is 0 Å². The monoisotopic (exact) mass is 284 g/mol. The molecule has 1 rings (SSSR count). The third kappa shape index (κ3) is 3.14. The van der Waals surface area contributed by atoms with E-state index in [-0.39, 0.29) is 12.5 Å². The van der Waals surface area contributed by atoms with E-state index in [0.717, 1.165) is 12.8 Å². The van der Waals surface area contributed by atoms with E-state index in [1.54, 1.807) is 0 Å². The maximum absolute atomic E-state index is 12.6. The zero-order chi connectivity index (χ0) is 15.4. The number of carboxylic acid groups (broad SMARTS) is 1. The summed E-state index contributed by atoms with van der Waals surface area (Å²) in [5, 5.41) is 12.4. The predicted octanol–water partition coefficient (Wildman–Crippen LogP) is 1.90. The summed E-state index contributed by atoms with van der Waals surface area (Å²) in [6.45, 7) is 6.21. The molecule has 1 aliphatic carbocycles. The van der Waals surface area contributed by atoms with Crippen molar-refractivity contribution in [1.29, 1.82) is 0 Å². The van der Waals surface area contributed by atoms with Crippen LogP contribution in [0.1, 0.15) is 59.3 Å². The molecule has 1 saturated carbocycles. The summed E-state index contributed by atoms with van der Waals surface area (Å²) in [7, 11) is 0. The molecule has 0 unspecified atom stereocenters. The zero-order valence-corrected chi connectivity index (χ0v) is 12.9. The van der Waals surface area contributed by atoms with Crippen molar-refractivity contribution in [2.75, 3.05) is 6.54 Å². The normalized spacial score (nSPS) is 27.1. The minimum absolute atomic E-state index is 0.207. The van der Waals surface area contributed by atoms with Crippen molar-refractivity contribution >= 4 is 11.9 Å². The van der Waals surface area contributed by atoms with Gasteiger partial charge in [-0.1, -0.05) is 20.8 Å². The van der Waals surface area contributed by atoms with Gasteiger partial charge in [0.05, 0.1) is 5.41 Å². The largest absolute Gasteiger partial charge is 0.480 e. The van der Waals surface area contributed by atoms with Crippen molar-refractivity contribution in [3.8, 4) is 0 Å². The van der Waals surface area contributed by atoms with E-state index in [9.17, 15) is 14.7 Å². The Kier molecular flexibility index (Phi) is 5.57. The molecule has 5 heteroatoms. The van der Waals surface area contributed by atoms with E-state index in [1.165, 1.54) is 0 Å². The fourth-order valence-electron chi connectivity index (χ4n) is 2.95. The Bertz CT molecular complexity index is 348. The lowest BCUT2D eigenvalue weighted by atomic mass is 9.75. The number of carbonyl (C=O) groups excluding carboxylic acids is 1. The van der Waals surface area contributed by atoms with Crippen molar-refractivity contribution in [3.05, 3.63) is 0 Å². The molecule has 0 aliphatic heterocycles. The van der Waals surface area contributed by atoms with Crippen LogP contribution in [0, 0.1) is 11.3 Å². The standard InChI is InChI=1S/C15H28N2O3/c1-4-14(5-2,10-16)12(18)17-15(13(19)20)8-6-11(3)7-9-15/h11H,4-10,16H2,1-3H3,(H,17,18)(H,19,20). The fraction of sp³-hybridized carbons (Fsp3) is 0.867. The van der Waals surface area contributed by atoms with Crippen LogP contribution in [0.5, 0.6) is 0 Å². The number of rotatable bonds is 6. The lowest BCUT2D eigenvalue weighted by Crippen LogP contribution is -2.60. The third-order valence-corrected chi connectivity index (χ3v) is 5.12. The van der Waals surface area contributed by atoms with Gasteiger partial charge in [0.15, 0.2) is 0 Å². The summed E-state index contributed by atoms with van der Waals surface area (Å²) in [4.78, 5) is 24.2. The smallest absolute Gasteiger partial charge is 0.329 e. The molecule has 1 fully saturated rings. The van der Waals surface area contributed by atoms with E-state index in [1.807, 2.05) is 13.8 Å². The first-order valence-electron chi connectivity index (χ1n) is 7.62. The number of amides is 1. The van der Waals surface area contributed by atoms with E-state index in [2.05, 4.69) is 12.2 Å². The summed E-state index contributed by atoms with van der Waals surface area (Å²) in [6, 6.07) is 0. The molecule has 1 amide bonds. The summed E-state index contributed by atoms with van der Waals surface area (Å²) >= 11 is 0. The molecule has 0 spiro atoms. The lowest BCUT2D eigenvalue weighted by Gasteiger charge is -2.39. The molecule has 20 heavy (non-hydrogen) atoms. The fourth-order valence-corrected chi connectivity index (χ4v) is 2.95. The van der Waals surface area contributed by atoms with Crippen LogP contribution in [0.15, 0.2) is 0 Å². The second-order valence-electron chi connectivity index (χ2n) is 6.22. The van der Waals surface area contributed by atoms with Crippen LogP contribution >= 0.6 is 0 Å². The molecule has 0 atom stereocenters. The number of nitrogens with one attached hydrogen (secondary N) is 1. The molecule has 4 N–H and O–H groups in total. The molecule has 5 nitrogen and oxygen atoms in total. The minimum atomic E-state index is -1.10. The Morgan fingerprint density at radius 2 is 1.80 bits per heavy atom. The second kappa shape index (κ2) is 6.57. The van der Waals surface area contributed by atoms with Crippen molar-refractivity contribution in [2.24, 2.45) is 17.1 Å². The highest BCUT2D eigenvalue weighted by atomic mass is 16.4. The molecule has 116 valence electrons. The Morgan fingerprint density at radius 3 is 2.15 bits per heavy atom. The van der Waals surface area contributed by atoms with Gasteiger partial charge < -0.3 is 16.2 Å². The summed E-state index contributed by atoms with van der Waals surface area (Å²) in [5.41, 5.74) is 4.02. The molecule has 0 aromatic carbocycles. The molecule has 0 heterocycles. The van der Waals surface area contributed by atoms with E-state index < -0.39 is 16.9 Å². The van der Waals surface area contributed by atoms with Gasteiger partial charge in [-0.05, 0) is 44.4 Å². The number of carboxylic acids is 1. The second-order valence-corrected chi connectivity index (χ2v) is 6.22. The minimum Gasteiger partial charge on any atom is -0.480 e. The van der Waals surface area contributed by atoms with Gasteiger partial charge in [0.25, 0.3) is 0 Å². The van der Waals surface area contributed by atoms with Crippen LogP contribution in [-0.4, -0.2) is 29.1 Å². The average Bonchev–Trinajstić information content (AvgIpc) is 2.44. The van der Waals surface area contributed by atoms with Gasteiger partial charge in [-0.2, -0.15) is 0 Å². The highest BCUT2D eigenvalue weighted by molar-refractivity contribution is 5.90. The lowest BCUT2D eigenvalue weighted by molar-refractivity contribution is -0.151. The van der Waals surface area contributed by atoms with Gasteiger partial charge in [-0.25, -0.2) is 4.79 Å². The molecule has 0 aromatic rings. The van der Waals surface area contributed by atoms with Crippen LogP contribution in [0.25, 0.3) is 0 Å². The molecular formula is C15H28N2O3. The van der Waals surface area contributed by atoms with Gasteiger partial charge in [-0.15, -0.1) is 0 Å². The topological polar surface area (TPSA) is 92.4 Å². The summed E-state index contributed by atoms with van der Waals surface area (Å²) in [5.74, 6) is -0.603. The highest BCUT2D eigenvalue weighted by Gasteiger charge is 2.45. The summed E-state index contributed by atoms with van der Waals surface area (Å²) in [6.07, 6.45) is 3.92. The predicted molar refractivity (Wildman–Crippen MR) is 78.2 cm³/mol. The van der Waals surface area contributed by atoms with Crippen LogP contribution in [0.3, 0.4) is 0 Å². The van der Waals surface area contributed by atoms with Crippen LogP contribution in [0.4, 0.5) is 0 Å². The Hall–Kier alpha value is -1.10. The van der Waals surface area contributed by atoms with Crippen LogP contribution in [0.2, 0.25) is 0 Å². The number of nitrogens with two attached hydrogens (primary N) is 1. The number of aliphatic carboxylic acids is 1. The molecule has 0 radical (unpaired) electrons. The van der Waals surface area contributed by atoms with Crippen LogP contribution < -0.4 is 11.1 Å².